The molecule has 178 valence electrons. The van der Waals surface area contributed by atoms with Gasteiger partial charge in [-0.2, -0.15) is 0 Å². The zero-order valence-corrected chi connectivity index (χ0v) is 21.2. The highest BCUT2D eigenvalue weighted by atomic mass is 14.4. The summed E-state index contributed by atoms with van der Waals surface area (Å²) in [6, 6.07) is 47.1. The van der Waals surface area contributed by atoms with Crippen LogP contribution in [0.25, 0.3) is 32.3 Å². The van der Waals surface area contributed by atoms with Crippen molar-refractivity contribution in [3.05, 3.63) is 144 Å². The minimum atomic E-state index is -0.322. The molecule has 0 bridgehead atoms. The molecule has 0 saturated heterocycles. The Balaban J connectivity index is 1.77. The molecule has 1 heteroatoms. The number of hydrogen-bond acceptors (Lipinski definition) is 0. The van der Waals surface area contributed by atoms with Crippen molar-refractivity contribution in [2.24, 2.45) is 0 Å². The number of hydrogen-bond donors (Lipinski definition) is 0. The maximum Gasteiger partial charge on any atom is 0.0653 e. The smallest absolute Gasteiger partial charge is 0.0653 e. The predicted molar refractivity (Wildman–Crippen MR) is 161 cm³/mol. The van der Waals surface area contributed by atoms with E-state index in [1.165, 1.54) is 49.0 Å². The van der Waals surface area contributed by atoms with E-state index in [2.05, 4.69) is 127 Å². The average Bonchev–Trinajstić information content (AvgIpc) is 2.97. The van der Waals surface area contributed by atoms with Crippen molar-refractivity contribution in [2.45, 2.75) is 37.4 Å². The lowest BCUT2D eigenvalue weighted by molar-refractivity contribution is 0.524. The first-order valence-electron chi connectivity index (χ1n) is 13.5. The Labute approximate surface area is 221 Å². The van der Waals surface area contributed by atoms with E-state index < -0.39 is 0 Å². The summed E-state index contributed by atoms with van der Waals surface area (Å²) in [7, 11) is 5.93. The van der Waals surface area contributed by atoms with Crippen molar-refractivity contribution in [2.75, 3.05) is 0 Å². The van der Waals surface area contributed by atoms with Crippen LogP contribution in [0.1, 0.15) is 42.4 Å². The molecule has 0 spiro atoms. The molecule has 6 rings (SSSR count). The van der Waals surface area contributed by atoms with Crippen molar-refractivity contribution in [3.63, 3.8) is 0 Å². The summed E-state index contributed by atoms with van der Waals surface area (Å²) in [5.74, 6) is 0. The SMILES string of the molecule is [B]CCCCCC(c1cccc2ccccc12)(c1cccc2ccccc12)c1cccc2ccccc12. The van der Waals surface area contributed by atoms with Crippen LogP contribution in [0.2, 0.25) is 6.32 Å². The molecule has 6 aromatic carbocycles. The summed E-state index contributed by atoms with van der Waals surface area (Å²) < 4.78 is 0. The molecule has 0 N–H and O–H groups in total. The van der Waals surface area contributed by atoms with Crippen LogP contribution in [0.4, 0.5) is 0 Å². The van der Waals surface area contributed by atoms with Crippen LogP contribution >= 0.6 is 0 Å². The van der Waals surface area contributed by atoms with Crippen LogP contribution < -0.4 is 0 Å². The predicted octanol–water partition coefficient (Wildman–Crippen LogP) is 9.63. The van der Waals surface area contributed by atoms with Gasteiger partial charge in [0.05, 0.1) is 7.85 Å². The van der Waals surface area contributed by atoms with E-state index in [4.69, 9.17) is 7.85 Å². The first kappa shape index (κ1) is 23.6. The summed E-state index contributed by atoms with van der Waals surface area (Å²) in [4.78, 5) is 0. The molecule has 0 aliphatic heterocycles. The summed E-state index contributed by atoms with van der Waals surface area (Å²) >= 11 is 0. The van der Waals surface area contributed by atoms with E-state index >= 15 is 0 Å². The zero-order chi connectivity index (χ0) is 25.1. The van der Waals surface area contributed by atoms with E-state index in [-0.39, 0.29) is 5.41 Å². The molecule has 0 saturated carbocycles. The highest BCUT2D eigenvalue weighted by molar-refractivity contribution is 6.08. The fourth-order valence-electron chi connectivity index (χ4n) is 6.34. The number of rotatable bonds is 8. The molecule has 0 heterocycles. The van der Waals surface area contributed by atoms with Gasteiger partial charge in [-0.05, 0) is 55.4 Å². The second kappa shape index (κ2) is 10.3. The first-order valence-corrected chi connectivity index (χ1v) is 13.5. The molecule has 6 aromatic rings. The van der Waals surface area contributed by atoms with Crippen LogP contribution in [0.3, 0.4) is 0 Å². The van der Waals surface area contributed by atoms with Crippen LogP contribution in [-0.4, -0.2) is 7.85 Å². The summed E-state index contributed by atoms with van der Waals surface area (Å²) in [5, 5.41) is 7.82. The van der Waals surface area contributed by atoms with Gasteiger partial charge in [0, 0.05) is 5.41 Å². The highest BCUT2D eigenvalue weighted by Crippen LogP contribution is 2.50. The Hall–Kier alpha value is -3.84. The van der Waals surface area contributed by atoms with Crippen LogP contribution in [0.5, 0.6) is 0 Å². The second-order valence-electron chi connectivity index (χ2n) is 10.1. The Kier molecular flexibility index (Phi) is 6.54. The second-order valence-corrected chi connectivity index (χ2v) is 10.1. The molecular weight excluding hydrogens is 443 g/mol. The first-order chi connectivity index (χ1) is 18.3. The standard InChI is InChI=1S/C36H31B/c37-26-9-1-8-25-36(33-22-10-16-27-13-2-5-19-30(27)33,34-23-11-17-28-14-3-6-20-31(28)34)35-24-12-18-29-15-4-7-21-32(29)35/h2-7,10-24H,1,8-9,25-26H2. The molecule has 0 aromatic heterocycles. The molecule has 0 atom stereocenters. The van der Waals surface area contributed by atoms with Gasteiger partial charge in [0.25, 0.3) is 0 Å². The van der Waals surface area contributed by atoms with Crippen LogP contribution in [-0.2, 0) is 5.41 Å². The van der Waals surface area contributed by atoms with E-state index in [1.807, 2.05) is 0 Å². The van der Waals surface area contributed by atoms with Crippen LogP contribution in [0.15, 0.2) is 127 Å². The molecule has 0 nitrogen and oxygen atoms in total. The van der Waals surface area contributed by atoms with Gasteiger partial charge < -0.3 is 0 Å². The number of unbranched alkanes of at least 4 members (excludes halogenated alkanes) is 2. The Morgan fingerprint density at radius 2 is 0.784 bits per heavy atom. The molecular formula is C36H31B. The van der Waals surface area contributed by atoms with Gasteiger partial charge in [-0.25, -0.2) is 0 Å². The lowest BCUT2D eigenvalue weighted by Crippen LogP contribution is -2.30. The lowest BCUT2D eigenvalue weighted by Gasteiger charge is -2.39. The van der Waals surface area contributed by atoms with E-state index in [1.54, 1.807) is 0 Å². The van der Waals surface area contributed by atoms with Gasteiger partial charge in [0.15, 0.2) is 0 Å². The molecule has 0 amide bonds. The van der Waals surface area contributed by atoms with Gasteiger partial charge in [-0.15, -0.1) is 0 Å². The molecule has 0 unspecified atom stereocenters. The van der Waals surface area contributed by atoms with E-state index in [0.29, 0.717) is 0 Å². The zero-order valence-electron chi connectivity index (χ0n) is 21.2. The highest BCUT2D eigenvalue weighted by Gasteiger charge is 2.39. The van der Waals surface area contributed by atoms with Gasteiger partial charge >= 0.3 is 0 Å². The largest absolute Gasteiger partial charge is 0.0887 e. The third-order valence-electron chi connectivity index (χ3n) is 8.00. The Morgan fingerprint density at radius 1 is 0.405 bits per heavy atom. The van der Waals surface area contributed by atoms with Crippen molar-refractivity contribution >= 4 is 40.2 Å². The van der Waals surface area contributed by atoms with Crippen molar-refractivity contribution in [1.29, 1.82) is 0 Å². The fraction of sp³-hybridized carbons (Fsp3) is 0.167. The van der Waals surface area contributed by atoms with Gasteiger partial charge in [-0.3, -0.25) is 0 Å². The lowest BCUT2D eigenvalue weighted by atomic mass is 9.63. The minimum absolute atomic E-state index is 0.322. The molecule has 0 aliphatic rings. The Bertz CT molecular complexity index is 1470. The fourth-order valence-corrected chi connectivity index (χ4v) is 6.34. The van der Waals surface area contributed by atoms with E-state index in [0.717, 1.165) is 32.0 Å². The van der Waals surface area contributed by atoms with E-state index in [9.17, 15) is 0 Å². The third-order valence-corrected chi connectivity index (χ3v) is 8.00. The number of fused-ring (bicyclic) bond motifs is 3. The molecule has 37 heavy (non-hydrogen) atoms. The topological polar surface area (TPSA) is 0 Å². The van der Waals surface area contributed by atoms with Crippen molar-refractivity contribution < 1.29 is 0 Å². The quantitative estimate of drug-likeness (QED) is 0.117. The summed E-state index contributed by atoms with van der Waals surface area (Å²) in [6.45, 7) is 0. The normalized spacial score (nSPS) is 11.9. The maximum absolute atomic E-state index is 5.93. The summed E-state index contributed by atoms with van der Waals surface area (Å²) in [5.41, 5.74) is 3.82. The van der Waals surface area contributed by atoms with Gasteiger partial charge in [0.2, 0.25) is 0 Å². The monoisotopic (exact) mass is 474 g/mol. The van der Waals surface area contributed by atoms with Crippen LogP contribution in [0, 0.1) is 0 Å². The maximum atomic E-state index is 5.93. The third kappa shape index (κ3) is 4.13. The molecule has 2 radical (unpaired) electrons. The summed E-state index contributed by atoms with van der Waals surface area (Å²) in [6.07, 6.45) is 5.04. The number of benzene rings is 6. The van der Waals surface area contributed by atoms with Gasteiger partial charge in [-0.1, -0.05) is 153 Å². The van der Waals surface area contributed by atoms with Crippen molar-refractivity contribution in [3.8, 4) is 0 Å². The van der Waals surface area contributed by atoms with Gasteiger partial charge in [0.1, 0.15) is 0 Å². The Morgan fingerprint density at radius 3 is 1.19 bits per heavy atom. The average molecular weight is 474 g/mol. The van der Waals surface area contributed by atoms with Crippen molar-refractivity contribution in [1.82, 2.24) is 0 Å². The molecule has 0 fully saturated rings. The molecule has 0 aliphatic carbocycles. The minimum Gasteiger partial charge on any atom is -0.0887 e.